The van der Waals surface area contributed by atoms with Crippen LogP contribution in [0.15, 0.2) is 71.6 Å². The van der Waals surface area contributed by atoms with Crippen LogP contribution < -0.4 is 4.72 Å². The molecule has 6 heteroatoms. The molecule has 0 saturated heterocycles. The van der Waals surface area contributed by atoms with E-state index in [0.717, 1.165) is 10.8 Å². The molecular formula is C19H13NO4S. The molecule has 0 spiro atoms. The minimum atomic E-state index is -3.91. The van der Waals surface area contributed by atoms with Crippen molar-refractivity contribution in [3.63, 3.8) is 0 Å². The second-order valence-corrected chi connectivity index (χ2v) is 7.52. The highest BCUT2D eigenvalue weighted by Gasteiger charge is 2.40. The zero-order valence-electron chi connectivity index (χ0n) is 13.0. The first-order valence-electron chi connectivity index (χ1n) is 7.66. The SMILES string of the molecule is O=C(c1ccc2ccccc2c1)C1NS(=O)(=O)c2ccccc2C1=O. The second kappa shape index (κ2) is 5.61. The molecule has 1 N–H and O–H groups in total. The normalized spacial score (nSPS) is 18.7. The van der Waals surface area contributed by atoms with Gasteiger partial charge >= 0.3 is 0 Å². The van der Waals surface area contributed by atoms with E-state index >= 15 is 0 Å². The Hall–Kier alpha value is -2.83. The molecule has 3 aromatic rings. The van der Waals surface area contributed by atoms with Crippen LogP contribution in [0.5, 0.6) is 0 Å². The Morgan fingerprint density at radius 3 is 2.36 bits per heavy atom. The summed E-state index contributed by atoms with van der Waals surface area (Å²) in [6, 6.07) is 17.0. The van der Waals surface area contributed by atoms with Gasteiger partial charge in [0, 0.05) is 11.1 Å². The number of hydrogen-bond donors (Lipinski definition) is 1. The van der Waals surface area contributed by atoms with Gasteiger partial charge in [-0.2, -0.15) is 4.72 Å². The molecule has 0 aliphatic carbocycles. The van der Waals surface area contributed by atoms with Gasteiger partial charge in [0.2, 0.25) is 10.0 Å². The number of sulfonamides is 1. The Labute approximate surface area is 144 Å². The van der Waals surface area contributed by atoms with E-state index in [-0.39, 0.29) is 10.5 Å². The lowest BCUT2D eigenvalue weighted by molar-refractivity contribution is 0.0846. The molecule has 0 fully saturated rings. The predicted molar refractivity (Wildman–Crippen MR) is 93.2 cm³/mol. The van der Waals surface area contributed by atoms with E-state index < -0.39 is 27.6 Å². The zero-order valence-corrected chi connectivity index (χ0v) is 13.8. The van der Waals surface area contributed by atoms with Crippen molar-refractivity contribution in [1.29, 1.82) is 0 Å². The molecule has 124 valence electrons. The Balaban J connectivity index is 1.79. The summed E-state index contributed by atoms with van der Waals surface area (Å²) in [7, 11) is -3.91. The summed E-state index contributed by atoms with van der Waals surface area (Å²) in [4.78, 5) is 25.3. The van der Waals surface area contributed by atoms with Gasteiger partial charge < -0.3 is 0 Å². The third-order valence-corrected chi connectivity index (χ3v) is 5.75. The lowest BCUT2D eigenvalue weighted by Crippen LogP contribution is -2.50. The molecule has 0 amide bonds. The maximum atomic E-state index is 12.8. The fraction of sp³-hybridized carbons (Fsp3) is 0.0526. The first kappa shape index (κ1) is 15.7. The highest BCUT2D eigenvalue weighted by molar-refractivity contribution is 7.89. The number of ketones is 2. The van der Waals surface area contributed by atoms with Crippen molar-refractivity contribution < 1.29 is 18.0 Å². The third kappa shape index (κ3) is 2.56. The molecule has 0 bridgehead atoms. The molecule has 1 unspecified atom stereocenters. The molecule has 0 saturated carbocycles. The first-order chi connectivity index (χ1) is 12.0. The van der Waals surface area contributed by atoms with Crippen LogP contribution in [0, 0.1) is 0 Å². The molecule has 0 radical (unpaired) electrons. The Morgan fingerprint density at radius 2 is 1.56 bits per heavy atom. The quantitative estimate of drug-likeness (QED) is 0.568. The average Bonchev–Trinajstić information content (AvgIpc) is 2.64. The monoisotopic (exact) mass is 351 g/mol. The molecule has 1 aliphatic heterocycles. The number of benzene rings is 3. The number of rotatable bonds is 2. The van der Waals surface area contributed by atoms with Gasteiger partial charge in [-0.25, -0.2) is 8.42 Å². The van der Waals surface area contributed by atoms with Gasteiger partial charge in [0.25, 0.3) is 0 Å². The van der Waals surface area contributed by atoms with Crippen LogP contribution in [0.1, 0.15) is 20.7 Å². The fourth-order valence-corrected chi connectivity index (χ4v) is 4.38. The van der Waals surface area contributed by atoms with Crippen LogP contribution in [0.3, 0.4) is 0 Å². The van der Waals surface area contributed by atoms with E-state index in [2.05, 4.69) is 4.72 Å². The van der Waals surface area contributed by atoms with Gasteiger partial charge in [-0.15, -0.1) is 0 Å². The standard InChI is InChI=1S/C19H13NO4S/c21-18(14-10-9-12-5-1-2-6-13(12)11-14)17-19(22)15-7-3-4-8-16(15)25(23,24)20-17/h1-11,17,20H. The number of carbonyl (C=O) groups is 2. The molecule has 1 aliphatic rings. The van der Waals surface area contributed by atoms with Crippen molar-refractivity contribution in [3.05, 3.63) is 77.9 Å². The van der Waals surface area contributed by atoms with E-state index in [1.54, 1.807) is 24.3 Å². The largest absolute Gasteiger partial charge is 0.292 e. The number of Topliss-reactive ketones (excluding diaryl/α,β-unsaturated/α-hetero) is 2. The Kier molecular flexibility index (Phi) is 3.52. The van der Waals surface area contributed by atoms with Crippen molar-refractivity contribution in [2.75, 3.05) is 0 Å². The predicted octanol–water partition coefficient (Wildman–Crippen LogP) is 2.57. The number of hydrogen-bond acceptors (Lipinski definition) is 4. The van der Waals surface area contributed by atoms with Crippen molar-refractivity contribution in [2.45, 2.75) is 10.9 Å². The topological polar surface area (TPSA) is 80.3 Å². The lowest BCUT2D eigenvalue weighted by atomic mass is 9.95. The maximum absolute atomic E-state index is 12.8. The average molecular weight is 351 g/mol. The van der Waals surface area contributed by atoms with Gasteiger partial charge in [-0.05, 0) is 29.0 Å². The maximum Gasteiger partial charge on any atom is 0.242 e. The number of fused-ring (bicyclic) bond motifs is 2. The summed E-state index contributed by atoms with van der Waals surface area (Å²) >= 11 is 0. The van der Waals surface area contributed by atoms with Crippen molar-refractivity contribution in [3.8, 4) is 0 Å². The van der Waals surface area contributed by atoms with E-state index in [4.69, 9.17) is 0 Å². The van der Waals surface area contributed by atoms with Crippen LogP contribution >= 0.6 is 0 Å². The van der Waals surface area contributed by atoms with E-state index in [1.807, 2.05) is 24.3 Å². The minimum absolute atomic E-state index is 0.0420. The highest BCUT2D eigenvalue weighted by atomic mass is 32.2. The van der Waals surface area contributed by atoms with Crippen molar-refractivity contribution in [2.24, 2.45) is 0 Å². The minimum Gasteiger partial charge on any atom is -0.292 e. The molecule has 1 heterocycles. The van der Waals surface area contributed by atoms with E-state index in [1.165, 1.54) is 18.2 Å². The smallest absolute Gasteiger partial charge is 0.242 e. The third-order valence-electron chi connectivity index (χ3n) is 4.27. The lowest BCUT2D eigenvalue weighted by Gasteiger charge is -2.23. The molecule has 3 aromatic carbocycles. The van der Waals surface area contributed by atoms with Gasteiger partial charge in [0.1, 0.15) is 6.04 Å². The van der Waals surface area contributed by atoms with Gasteiger partial charge in [0.05, 0.1) is 4.90 Å². The first-order valence-corrected chi connectivity index (χ1v) is 9.14. The van der Waals surface area contributed by atoms with Gasteiger partial charge in [-0.1, -0.05) is 48.5 Å². The molecule has 5 nitrogen and oxygen atoms in total. The fourth-order valence-electron chi connectivity index (χ4n) is 3.01. The van der Waals surface area contributed by atoms with Crippen LogP contribution in [0.25, 0.3) is 10.8 Å². The summed E-state index contributed by atoms with van der Waals surface area (Å²) in [5.41, 5.74) is 0.333. The van der Waals surface area contributed by atoms with E-state index in [9.17, 15) is 18.0 Å². The molecule has 1 atom stereocenters. The summed E-state index contributed by atoms with van der Waals surface area (Å²) in [6.07, 6.45) is 0. The van der Waals surface area contributed by atoms with Gasteiger partial charge in [0.15, 0.2) is 11.6 Å². The zero-order chi connectivity index (χ0) is 17.6. The highest BCUT2D eigenvalue weighted by Crippen LogP contribution is 2.25. The summed E-state index contributed by atoms with van der Waals surface area (Å²) in [5, 5.41) is 1.81. The van der Waals surface area contributed by atoms with Crippen LogP contribution in [0.4, 0.5) is 0 Å². The van der Waals surface area contributed by atoms with Crippen LogP contribution in [-0.4, -0.2) is 26.0 Å². The number of carbonyl (C=O) groups excluding carboxylic acids is 2. The van der Waals surface area contributed by atoms with E-state index in [0.29, 0.717) is 5.56 Å². The Morgan fingerprint density at radius 1 is 0.880 bits per heavy atom. The summed E-state index contributed by atoms with van der Waals surface area (Å²) in [6.45, 7) is 0. The molecule has 25 heavy (non-hydrogen) atoms. The van der Waals surface area contributed by atoms with Crippen LogP contribution in [-0.2, 0) is 10.0 Å². The van der Waals surface area contributed by atoms with Crippen LogP contribution in [0.2, 0.25) is 0 Å². The second-order valence-electron chi connectivity index (χ2n) is 5.84. The Bertz CT molecular complexity index is 1130. The molecule has 0 aromatic heterocycles. The van der Waals surface area contributed by atoms with Crippen molar-refractivity contribution >= 4 is 32.4 Å². The molecular weight excluding hydrogens is 338 g/mol. The van der Waals surface area contributed by atoms with Crippen molar-refractivity contribution in [1.82, 2.24) is 4.72 Å². The number of nitrogens with one attached hydrogen (secondary N) is 1. The van der Waals surface area contributed by atoms with Gasteiger partial charge in [-0.3, -0.25) is 9.59 Å². The molecule has 4 rings (SSSR count). The summed E-state index contributed by atoms with van der Waals surface area (Å²) < 4.78 is 26.9. The summed E-state index contributed by atoms with van der Waals surface area (Å²) in [5.74, 6) is -1.10.